The second-order valence-corrected chi connectivity index (χ2v) is 5.60. The van der Waals surface area contributed by atoms with Crippen LogP contribution in [0.3, 0.4) is 0 Å². The van der Waals surface area contributed by atoms with Crippen LogP contribution in [-0.4, -0.2) is 39.8 Å². The Labute approximate surface area is 128 Å². The summed E-state index contributed by atoms with van der Waals surface area (Å²) in [5.74, 6) is 1.29. The minimum atomic E-state index is 0.0140. The number of nitrogens with one attached hydrogen (secondary N) is 1. The Balaban J connectivity index is 1.63. The maximum absolute atomic E-state index is 5.61. The van der Waals surface area contributed by atoms with Crippen molar-refractivity contribution in [2.75, 3.05) is 19.8 Å². The summed E-state index contributed by atoms with van der Waals surface area (Å²) >= 11 is 0. The zero-order chi connectivity index (χ0) is 14.9. The fourth-order valence-electron chi connectivity index (χ4n) is 3.00. The molecule has 1 saturated heterocycles. The Morgan fingerprint density at radius 3 is 3.18 bits per heavy atom. The highest BCUT2D eigenvalue weighted by Gasteiger charge is 2.29. The quantitative estimate of drug-likeness (QED) is 0.804. The molecule has 0 amide bonds. The van der Waals surface area contributed by atoms with Crippen LogP contribution in [0.15, 0.2) is 35.0 Å². The second-order valence-electron chi connectivity index (χ2n) is 5.60. The van der Waals surface area contributed by atoms with E-state index in [-0.39, 0.29) is 6.04 Å². The lowest BCUT2D eigenvalue weighted by molar-refractivity contribution is -0.0239. The van der Waals surface area contributed by atoms with Crippen LogP contribution in [0.25, 0.3) is 10.9 Å². The van der Waals surface area contributed by atoms with E-state index in [0.29, 0.717) is 18.3 Å². The van der Waals surface area contributed by atoms with Crippen LogP contribution in [0.2, 0.25) is 0 Å². The average molecular weight is 298 g/mol. The molecule has 2 aromatic heterocycles. The predicted octanol–water partition coefficient (Wildman–Crippen LogP) is 2.43. The van der Waals surface area contributed by atoms with Crippen molar-refractivity contribution in [2.45, 2.75) is 19.5 Å². The lowest BCUT2D eigenvalue weighted by atomic mass is 10.1. The Morgan fingerprint density at radius 2 is 2.32 bits per heavy atom. The van der Waals surface area contributed by atoms with Crippen molar-refractivity contribution in [3.63, 3.8) is 0 Å². The third-order valence-electron chi connectivity index (χ3n) is 4.11. The van der Waals surface area contributed by atoms with Gasteiger partial charge in [-0.05, 0) is 23.9 Å². The normalized spacial score (nSPS) is 19.8. The van der Waals surface area contributed by atoms with E-state index in [2.05, 4.69) is 44.3 Å². The van der Waals surface area contributed by atoms with Gasteiger partial charge in [0.25, 0.3) is 0 Å². The third kappa shape index (κ3) is 2.40. The molecule has 1 N–H and O–H groups in total. The Bertz CT molecular complexity index is 779. The molecule has 0 radical (unpaired) electrons. The van der Waals surface area contributed by atoms with Gasteiger partial charge in [0.1, 0.15) is 6.04 Å². The van der Waals surface area contributed by atoms with E-state index >= 15 is 0 Å². The number of hydrogen-bond acceptors (Lipinski definition) is 5. The van der Waals surface area contributed by atoms with E-state index in [1.54, 1.807) is 0 Å². The van der Waals surface area contributed by atoms with Crippen LogP contribution >= 0.6 is 0 Å². The minimum absolute atomic E-state index is 0.0140. The lowest BCUT2D eigenvalue weighted by Gasteiger charge is -2.33. The molecule has 4 rings (SSSR count). The zero-order valence-electron chi connectivity index (χ0n) is 12.5. The first-order valence-corrected chi connectivity index (χ1v) is 7.48. The first kappa shape index (κ1) is 13.5. The highest BCUT2D eigenvalue weighted by molar-refractivity contribution is 5.82. The first-order chi connectivity index (χ1) is 10.8. The molecule has 1 aromatic carbocycles. The summed E-state index contributed by atoms with van der Waals surface area (Å²) in [7, 11) is 0. The van der Waals surface area contributed by atoms with Crippen molar-refractivity contribution in [1.29, 1.82) is 0 Å². The molecular formula is C16H18N4O2. The van der Waals surface area contributed by atoms with E-state index < -0.39 is 0 Å². The van der Waals surface area contributed by atoms with Crippen molar-refractivity contribution in [1.82, 2.24) is 20.0 Å². The maximum Gasteiger partial charge on any atom is 0.246 e. The van der Waals surface area contributed by atoms with E-state index in [1.165, 1.54) is 16.5 Å². The van der Waals surface area contributed by atoms with Crippen LogP contribution < -0.4 is 0 Å². The second kappa shape index (κ2) is 5.55. The van der Waals surface area contributed by atoms with Crippen LogP contribution in [0, 0.1) is 6.92 Å². The van der Waals surface area contributed by atoms with Gasteiger partial charge >= 0.3 is 0 Å². The molecule has 3 heterocycles. The predicted molar refractivity (Wildman–Crippen MR) is 81.3 cm³/mol. The molecule has 6 nitrogen and oxygen atoms in total. The van der Waals surface area contributed by atoms with Gasteiger partial charge in [-0.15, -0.1) is 0 Å². The van der Waals surface area contributed by atoms with E-state index in [4.69, 9.17) is 9.26 Å². The number of benzene rings is 1. The van der Waals surface area contributed by atoms with Gasteiger partial charge in [-0.3, -0.25) is 4.90 Å². The molecule has 1 aliphatic heterocycles. The summed E-state index contributed by atoms with van der Waals surface area (Å²) in [6, 6.07) is 8.48. The number of aryl methyl sites for hydroxylation is 1. The standard InChI is InChI=1S/C16H18N4O2/c1-11-18-16(22-19-11)14-10-21-8-7-20(14)9-13-4-2-3-12-5-6-17-15(12)13/h2-6,14,17H,7-10H2,1H3/t14-/m1/s1. The van der Waals surface area contributed by atoms with Crippen molar-refractivity contribution in [2.24, 2.45) is 0 Å². The summed E-state index contributed by atoms with van der Waals surface area (Å²) in [6.45, 7) is 4.82. The summed E-state index contributed by atoms with van der Waals surface area (Å²) in [6.07, 6.45) is 1.98. The van der Waals surface area contributed by atoms with Crippen LogP contribution in [0.5, 0.6) is 0 Å². The fraction of sp³-hybridized carbons (Fsp3) is 0.375. The number of fused-ring (bicyclic) bond motifs is 1. The molecule has 6 heteroatoms. The number of rotatable bonds is 3. The van der Waals surface area contributed by atoms with Crippen LogP contribution in [-0.2, 0) is 11.3 Å². The van der Waals surface area contributed by atoms with Gasteiger partial charge in [-0.25, -0.2) is 0 Å². The number of ether oxygens (including phenoxy) is 1. The molecule has 0 unspecified atom stereocenters. The van der Waals surface area contributed by atoms with Gasteiger partial charge in [0, 0.05) is 24.8 Å². The monoisotopic (exact) mass is 298 g/mol. The number of hydrogen-bond donors (Lipinski definition) is 1. The first-order valence-electron chi connectivity index (χ1n) is 7.48. The van der Waals surface area contributed by atoms with E-state index in [9.17, 15) is 0 Å². The summed E-state index contributed by atoms with van der Waals surface area (Å²) in [4.78, 5) is 10.0. The molecular weight excluding hydrogens is 280 g/mol. The Kier molecular flexibility index (Phi) is 3.40. The number of H-pyrrole nitrogens is 1. The summed E-state index contributed by atoms with van der Waals surface area (Å²) in [5, 5.41) is 5.13. The number of nitrogens with zero attached hydrogens (tertiary/aromatic N) is 3. The topological polar surface area (TPSA) is 67.2 Å². The SMILES string of the molecule is Cc1noc([C@H]2COCCN2Cc2cccc3cc[nH]c23)n1. The number of morpholine rings is 1. The molecule has 22 heavy (non-hydrogen) atoms. The van der Waals surface area contributed by atoms with Crippen molar-refractivity contribution < 1.29 is 9.26 Å². The Hall–Kier alpha value is -2.18. The van der Waals surface area contributed by atoms with Gasteiger partial charge in [0.15, 0.2) is 5.82 Å². The number of aromatic nitrogens is 3. The highest BCUT2D eigenvalue weighted by Crippen LogP contribution is 2.27. The van der Waals surface area contributed by atoms with Crippen molar-refractivity contribution >= 4 is 10.9 Å². The smallest absolute Gasteiger partial charge is 0.246 e. The van der Waals surface area contributed by atoms with Crippen LogP contribution in [0.4, 0.5) is 0 Å². The summed E-state index contributed by atoms with van der Waals surface area (Å²) < 4.78 is 11.0. The van der Waals surface area contributed by atoms with Crippen LogP contribution in [0.1, 0.15) is 23.3 Å². The molecule has 1 atom stereocenters. The third-order valence-corrected chi connectivity index (χ3v) is 4.11. The largest absolute Gasteiger partial charge is 0.378 e. The van der Waals surface area contributed by atoms with Gasteiger partial charge in [0.05, 0.1) is 13.2 Å². The van der Waals surface area contributed by atoms with Gasteiger partial charge in [-0.2, -0.15) is 4.98 Å². The molecule has 3 aromatic rings. The minimum Gasteiger partial charge on any atom is -0.378 e. The fourth-order valence-corrected chi connectivity index (χ4v) is 3.00. The molecule has 0 aliphatic carbocycles. The van der Waals surface area contributed by atoms with Crippen molar-refractivity contribution in [3.05, 3.63) is 47.7 Å². The number of aromatic amines is 1. The highest BCUT2D eigenvalue weighted by atomic mass is 16.5. The molecule has 0 bridgehead atoms. The molecule has 114 valence electrons. The van der Waals surface area contributed by atoms with E-state index in [0.717, 1.165) is 19.7 Å². The van der Waals surface area contributed by atoms with Gasteiger partial charge in [0.2, 0.25) is 5.89 Å². The lowest BCUT2D eigenvalue weighted by Crippen LogP contribution is -2.39. The van der Waals surface area contributed by atoms with Gasteiger partial charge in [-0.1, -0.05) is 23.4 Å². The average Bonchev–Trinajstić information content (AvgIpc) is 3.17. The molecule has 0 saturated carbocycles. The molecule has 1 aliphatic rings. The molecule has 0 spiro atoms. The summed E-state index contributed by atoms with van der Waals surface area (Å²) in [5.41, 5.74) is 2.46. The van der Waals surface area contributed by atoms with E-state index in [1.807, 2.05) is 13.1 Å². The van der Waals surface area contributed by atoms with Gasteiger partial charge < -0.3 is 14.2 Å². The number of para-hydroxylation sites is 1. The molecule has 1 fully saturated rings. The Morgan fingerprint density at radius 1 is 1.36 bits per heavy atom. The van der Waals surface area contributed by atoms with Crippen molar-refractivity contribution in [3.8, 4) is 0 Å². The zero-order valence-corrected chi connectivity index (χ0v) is 12.5. The maximum atomic E-state index is 5.61.